The third-order valence-electron chi connectivity index (χ3n) is 2.86. The number of aryl methyl sites for hydroxylation is 1. The second-order valence-corrected chi connectivity index (χ2v) is 4.61. The predicted molar refractivity (Wildman–Crippen MR) is 73.6 cm³/mol. The SMILES string of the molecule is Cc1cccc2oc(-c3ccc(Cl)cc3N)nc12. The Morgan fingerprint density at radius 1 is 1.22 bits per heavy atom. The smallest absolute Gasteiger partial charge is 0.229 e. The number of para-hydroxylation sites is 1. The van der Waals surface area contributed by atoms with Crippen molar-refractivity contribution in [1.82, 2.24) is 4.98 Å². The van der Waals surface area contributed by atoms with Crippen molar-refractivity contribution in [2.75, 3.05) is 5.73 Å². The Labute approximate surface area is 109 Å². The Morgan fingerprint density at radius 3 is 2.78 bits per heavy atom. The van der Waals surface area contributed by atoms with Crippen molar-refractivity contribution in [1.29, 1.82) is 0 Å². The molecule has 0 aliphatic carbocycles. The molecule has 0 saturated carbocycles. The van der Waals surface area contributed by atoms with Crippen molar-refractivity contribution >= 4 is 28.4 Å². The van der Waals surface area contributed by atoms with Crippen molar-refractivity contribution in [2.24, 2.45) is 0 Å². The van der Waals surface area contributed by atoms with Crippen LogP contribution in [0, 0.1) is 6.92 Å². The van der Waals surface area contributed by atoms with E-state index in [0.717, 1.165) is 22.2 Å². The van der Waals surface area contributed by atoms with Crippen LogP contribution in [0.2, 0.25) is 5.02 Å². The Balaban J connectivity index is 2.23. The number of nitrogens with zero attached hydrogens (tertiary/aromatic N) is 1. The van der Waals surface area contributed by atoms with Gasteiger partial charge in [0.05, 0.1) is 5.56 Å². The molecular weight excluding hydrogens is 248 g/mol. The molecule has 0 aliphatic rings. The number of hydrogen-bond acceptors (Lipinski definition) is 3. The number of nitrogen functional groups attached to an aromatic ring is 1. The molecule has 2 aromatic carbocycles. The second kappa shape index (κ2) is 4.03. The highest BCUT2D eigenvalue weighted by Gasteiger charge is 2.12. The van der Waals surface area contributed by atoms with E-state index in [1.165, 1.54) is 0 Å². The fourth-order valence-electron chi connectivity index (χ4n) is 1.93. The second-order valence-electron chi connectivity index (χ2n) is 4.17. The molecule has 3 nitrogen and oxygen atoms in total. The average Bonchev–Trinajstić information content (AvgIpc) is 2.74. The number of hydrogen-bond donors (Lipinski definition) is 1. The van der Waals surface area contributed by atoms with Gasteiger partial charge in [0, 0.05) is 10.7 Å². The number of halogens is 1. The molecule has 1 aromatic heterocycles. The molecule has 4 heteroatoms. The minimum absolute atomic E-state index is 0.522. The minimum atomic E-state index is 0.522. The number of aromatic nitrogens is 1. The quantitative estimate of drug-likeness (QED) is 0.670. The molecule has 90 valence electrons. The summed E-state index contributed by atoms with van der Waals surface area (Å²) in [5.41, 5.74) is 9.95. The average molecular weight is 259 g/mol. The third-order valence-corrected chi connectivity index (χ3v) is 3.10. The van der Waals surface area contributed by atoms with Crippen LogP contribution in [0.25, 0.3) is 22.6 Å². The lowest BCUT2D eigenvalue weighted by molar-refractivity contribution is 0.620. The zero-order valence-corrected chi connectivity index (χ0v) is 10.5. The first-order valence-electron chi connectivity index (χ1n) is 5.57. The van der Waals surface area contributed by atoms with Gasteiger partial charge in [0.15, 0.2) is 5.58 Å². The molecule has 0 unspecified atom stereocenters. The lowest BCUT2D eigenvalue weighted by Crippen LogP contribution is -1.89. The molecule has 0 spiro atoms. The Hall–Kier alpha value is -2.00. The highest BCUT2D eigenvalue weighted by Crippen LogP contribution is 2.31. The fourth-order valence-corrected chi connectivity index (χ4v) is 2.11. The van der Waals surface area contributed by atoms with Gasteiger partial charge >= 0.3 is 0 Å². The number of anilines is 1. The molecule has 0 bridgehead atoms. The van der Waals surface area contributed by atoms with Gasteiger partial charge in [0.1, 0.15) is 5.52 Å². The van der Waals surface area contributed by atoms with Crippen molar-refractivity contribution in [3.8, 4) is 11.5 Å². The van der Waals surface area contributed by atoms with Crippen LogP contribution in [0.3, 0.4) is 0 Å². The lowest BCUT2D eigenvalue weighted by Gasteiger charge is -2.00. The van der Waals surface area contributed by atoms with Gasteiger partial charge in [-0.1, -0.05) is 23.7 Å². The molecule has 0 fully saturated rings. The van der Waals surface area contributed by atoms with E-state index < -0.39 is 0 Å². The zero-order valence-electron chi connectivity index (χ0n) is 9.77. The molecule has 3 rings (SSSR count). The van der Waals surface area contributed by atoms with Gasteiger partial charge in [-0.2, -0.15) is 0 Å². The number of fused-ring (bicyclic) bond motifs is 1. The summed E-state index contributed by atoms with van der Waals surface area (Å²) in [5, 5.41) is 0.601. The van der Waals surface area contributed by atoms with Crippen LogP contribution in [0.15, 0.2) is 40.8 Å². The summed E-state index contributed by atoms with van der Waals surface area (Å²) in [7, 11) is 0. The summed E-state index contributed by atoms with van der Waals surface area (Å²) in [5.74, 6) is 0.522. The monoisotopic (exact) mass is 258 g/mol. The Bertz CT molecular complexity index is 734. The normalized spacial score (nSPS) is 11.0. The molecule has 3 aromatic rings. The van der Waals surface area contributed by atoms with Crippen molar-refractivity contribution in [3.05, 3.63) is 47.0 Å². The maximum absolute atomic E-state index is 5.93. The molecule has 0 atom stereocenters. The van der Waals surface area contributed by atoms with Gasteiger partial charge < -0.3 is 10.2 Å². The zero-order chi connectivity index (χ0) is 12.7. The predicted octanol–water partition coefficient (Wildman–Crippen LogP) is 4.04. The van der Waals surface area contributed by atoms with Crippen LogP contribution in [-0.2, 0) is 0 Å². The van der Waals surface area contributed by atoms with Crippen molar-refractivity contribution < 1.29 is 4.42 Å². The topological polar surface area (TPSA) is 52.0 Å². The van der Waals surface area contributed by atoms with Crippen LogP contribution in [0.1, 0.15) is 5.56 Å². The third kappa shape index (κ3) is 1.73. The summed E-state index contributed by atoms with van der Waals surface area (Å²) >= 11 is 5.88. The van der Waals surface area contributed by atoms with Crippen LogP contribution < -0.4 is 5.73 Å². The fraction of sp³-hybridized carbons (Fsp3) is 0.0714. The van der Waals surface area contributed by atoms with E-state index in [1.54, 1.807) is 12.1 Å². The highest BCUT2D eigenvalue weighted by molar-refractivity contribution is 6.31. The first-order chi connectivity index (χ1) is 8.65. The van der Waals surface area contributed by atoms with Crippen LogP contribution >= 0.6 is 11.6 Å². The van der Waals surface area contributed by atoms with Crippen LogP contribution in [-0.4, -0.2) is 4.98 Å². The lowest BCUT2D eigenvalue weighted by atomic mass is 10.2. The molecule has 1 heterocycles. The summed E-state index contributed by atoms with van der Waals surface area (Å²) < 4.78 is 5.72. The maximum Gasteiger partial charge on any atom is 0.229 e. The number of rotatable bonds is 1. The van der Waals surface area contributed by atoms with Crippen molar-refractivity contribution in [3.63, 3.8) is 0 Å². The largest absolute Gasteiger partial charge is 0.436 e. The van der Waals surface area contributed by atoms with E-state index >= 15 is 0 Å². The van der Waals surface area contributed by atoms with Gasteiger partial charge in [-0.3, -0.25) is 0 Å². The van der Waals surface area contributed by atoms with Gasteiger partial charge in [0.2, 0.25) is 5.89 Å². The Morgan fingerprint density at radius 2 is 2.06 bits per heavy atom. The van der Waals surface area contributed by atoms with Crippen LogP contribution in [0.5, 0.6) is 0 Å². The van der Waals surface area contributed by atoms with Crippen LogP contribution in [0.4, 0.5) is 5.69 Å². The summed E-state index contributed by atoms with van der Waals surface area (Å²) in [6.07, 6.45) is 0. The van der Waals surface area contributed by atoms with E-state index in [-0.39, 0.29) is 0 Å². The standard InChI is InChI=1S/C14H11ClN2O/c1-8-3-2-4-12-13(8)17-14(18-12)10-6-5-9(15)7-11(10)16/h2-7H,16H2,1H3. The van der Waals surface area contributed by atoms with Crippen molar-refractivity contribution in [2.45, 2.75) is 6.92 Å². The van der Waals surface area contributed by atoms with E-state index in [4.69, 9.17) is 21.8 Å². The van der Waals surface area contributed by atoms with Gasteiger partial charge in [-0.25, -0.2) is 4.98 Å². The number of benzene rings is 2. The molecular formula is C14H11ClN2O. The molecule has 0 aliphatic heterocycles. The molecule has 18 heavy (non-hydrogen) atoms. The molecule has 0 radical (unpaired) electrons. The highest BCUT2D eigenvalue weighted by atomic mass is 35.5. The molecule has 0 saturated heterocycles. The van der Waals surface area contributed by atoms with Gasteiger partial charge in [-0.05, 0) is 36.8 Å². The maximum atomic E-state index is 5.93. The molecule has 2 N–H and O–H groups in total. The van der Waals surface area contributed by atoms with Gasteiger partial charge in [0.25, 0.3) is 0 Å². The van der Waals surface area contributed by atoms with Gasteiger partial charge in [-0.15, -0.1) is 0 Å². The summed E-state index contributed by atoms with van der Waals surface area (Å²) in [6, 6.07) is 11.1. The number of oxazole rings is 1. The first kappa shape index (κ1) is 11.1. The first-order valence-corrected chi connectivity index (χ1v) is 5.94. The van der Waals surface area contributed by atoms with E-state index in [2.05, 4.69) is 4.98 Å². The summed E-state index contributed by atoms with van der Waals surface area (Å²) in [6.45, 7) is 2.00. The minimum Gasteiger partial charge on any atom is -0.436 e. The van der Waals surface area contributed by atoms with E-state index in [9.17, 15) is 0 Å². The Kier molecular flexibility index (Phi) is 2.49. The van der Waals surface area contributed by atoms with E-state index in [0.29, 0.717) is 16.6 Å². The molecule has 0 amide bonds. The number of nitrogens with two attached hydrogens (primary N) is 1. The van der Waals surface area contributed by atoms with E-state index in [1.807, 2.05) is 31.2 Å². The summed E-state index contributed by atoms with van der Waals surface area (Å²) in [4.78, 5) is 4.48.